The minimum atomic E-state index is -0.0354. The zero-order valence-corrected chi connectivity index (χ0v) is 15.3. The van der Waals surface area contributed by atoms with E-state index in [1.165, 1.54) is 11.1 Å². The molecule has 1 atom stereocenters. The van der Waals surface area contributed by atoms with Crippen LogP contribution in [-0.4, -0.2) is 55.1 Å². The normalized spacial score (nSPS) is 25.7. The van der Waals surface area contributed by atoms with Crippen LogP contribution in [-0.2, 0) is 16.1 Å². The average Bonchev–Trinajstić information content (AvgIpc) is 2.66. The molecular weight excluding hydrogens is 300 g/mol. The fourth-order valence-corrected chi connectivity index (χ4v) is 4.08. The summed E-state index contributed by atoms with van der Waals surface area (Å²) in [6.07, 6.45) is 0.629. The van der Waals surface area contributed by atoms with Crippen molar-refractivity contribution in [2.75, 3.05) is 39.4 Å². The van der Waals surface area contributed by atoms with Crippen molar-refractivity contribution in [2.45, 2.75) is 33.7 Å². The molecule has 2 heterocycles. The van der Waals surface area contributed by atoms with E-state index in [2.05, 4.69) is 49.9 Å². The third-order valence-electron chi connectivity index (χ3n) is 5.00. The number of hydrogen-bond acceptors (Lipinski definition) is 3. The maximum absolute atomic E-state index is 12.5. The van der Waals surface area contributed by atoms with Crippen molar-refractivity contribution in [1.82, 2.24) is 9.80 Å². The molecule has 0 aromatic heterocycles. The predicted molar refractivity (Wildman–Crippen MR) is 95.7 cm³/mol. The van der Waals surface area contributed by atoms with Crippen molar-refractivity contribution in [1.29, 1.82) is 0 Å². The molecule has 0 unspecified atom stereocenters. The summed E-state index contributed by atoms with van der Waals surface area (Å²) in [6.45, 7) is 12.5. The molecule has 0 radical (unpaired) electrons. The van der Waals surface area contributed by atoms with Gasteiger partial charge in [-0.2, -0.15) is 0 Å². The second-order valence-corrected chi connectivity index (χ2v) is 8.10. The largest absolute Gasteiger partial charge is 0.379 e. The van der Waals surface area contributed by atoms with Crippen LogP contribution in [0.4, 0.5) is 0 Å². The lowest BCUT2D eigenvalue weighted by atomic mass is 9.87. The molecule has 0 bridgehead atoms. The fraction of sp³-hybridized carbons (Fsp3) is 0.650. The number of amides is 1. The first kappa shape index (κ1) is 17.4. The summed E-state index contributed by atoms with van der Waals surface area (Å²) in [5.74, 6) is 0.809. The van der Waals surface area contributed by atoms with E-state index >= 15 is 0 Å². The molecule has 2 saturated heterocycles. The van der Waals surface area contributed by atoms with Crippen LogP contribution in [0, 0.1) is 18.3 Å². The minimum absolute atomic E-state index is 0.0354. The SMILES string of the molecule is Cc1cccc(CN2CCOC[C@]3(CC(=O)N(CC(C)C)C3)C2)c1. The van der Waals surface area contributed by atoms with Crippen molar-refractivity contribution in [3.05, 3.63) is 35.4 Å². The Bertz CT molecular complexity index is 587. The van der Waals surface area contributed by atoms with Crippen LogP contribution in [0.15, 0.2) is 24.3 Å². The van der Waals surface area contributed by atoms with Gasteiger partial charge in [0.15, 0.2) is 0 Å². The molecule has 2 fully saturated rings. The second kappa shape index (κ2) is 7.24. The van der Waals surface area contributed by atoms with Gasteiger partial charge < -0.3 is 9.64 Å². The zero-order chi connectivity index (χ0) is 17.2. The van der Waals surface area contributed by atoms with Crippen LogP contribution in [0.25, 0.3) is 0 Å². The number of nitrogens with zero attached hydrogens (tertiary/aromatic N) is 2. The number of hydrogen-bond donors (Lipinski definition) is 0. The van der Waals surface area contributed by atoms with Gasteiger partial charge in [0.25, 0.3) is 0 Å². The van der Waals surface area contributed by atoms with Crippen LogP contribution in [0.2, 0.25) is 0 Å². The number of rotatable bonds is 4. The van der Waals surface area contributed by atoms with E-state index in [4.69, 9.17) is 4.74 Å². The van der Waals surface area contributed by atoms with Crippen molar-refractivity contribution in [3.63, 3.8) is 0 Å². The molecule has 1 aromatic carbocycles. The minimum Gasteiger partial charge on any atom is -0.379 e. The predicted octanol–water partition coefficient (Wildman–Crippen LogP) is 2.70. The summed E-state index contributed by atoms with van der Waals surface area (Å²) in [6, 6.07) is 8.70. The van der Waals surface area contributed by atoms with Gasteiger partial charge in [-0.3, -0.25) is 9.69 Å². The van der Waals surface area contributed by atoms with E-state index in [1.54, 1.807) is 0 Å². The fourth-order valence-electron chi connectivity index (χ4n) is 4.08. The van der Waals surface area contributed by atoms with Gasteiger partial charge in [-0.1, -0.05) is 43.7 Å². The Morgan fingerprint density at radius 1 is 1.29 bits per heavy atom. The summed E-state index contributed by atoms with van der Waals surface area (Å²) in [4.78, 5) is 17.0. The van der Waals surface area contributed by atoms with E-state index in [9.17, 15) is 4.79 Å². The Morgan fingerprint density at radius 3 is 2.88 bits per heavy atom. The number of likely N-dealkylation sites (tertiary alicyclic amines) is 1. The first-order chi connectivity index (χ1) is 11.5. The van der Waals surface area contributed by atoms with Crippen LogP contribution in [0.5, 0.6) is 0 Å². The lowest BCUT2D eigenvalue weighted by molar-refractivity contribution is -0.128. The number of carbonyl (C=O) groups is 1. The van der Waals surface area contributed by atoms with E-state index in [0.717, 1.165) is 39.3 Å². The van der Waals surface area contributed by atoms with Gasteiger partial charge >= 0.3 is 0 Å². The monoisotopic (exact) mass is 330 g/mol. The van der Waals surface area contributed by atoms with Crippen molar-refractivity contribution in [2.24, 2.45) is 11.3 Å². The third-order valence-corrected chi connectivity index (χ3v) is 5.00. The molecule has 0 N–H and O–H groups in total. The number of carbonyl (C=O) groups excluding carboxylic acids is 1. The molecule has 2 aliphatic rings. The van der Waals surface area contributed by atoms with Gasteiger partial charge in [-0.15, -0.1) is 0 Å². The van der Waals surface area contributed by atoms with Gasteiger partial charge in [-0.25, -0.2) is 0 Å². The summed E-state index contributed by atoms with van der Waals surface area (Å²) < 4.78 is 5.91. The molecule has 0 aliphatic carbocycles. The maximum atomic E-state index is 12.5. The highest BCUT2D eigenvalue weighted by molar-refractivity contribution is 5.79. The first-order valence-corrected chi connectivity index (χ1v) is 9.09. The summed E-state index contributed by atoms with van der Waals surface area (Å²) >= 11 is 0. The highest BCUT2D eigenvalue weighted by atomic mass is 16.5. The van der Waals surface area contributed by atoms with Crippen LogP contribution in [0.3, 0.4) is 0 Å². The van der Waals surface area contributed by atoms with Crippen LogP contribution < -0.4 is 0 Å². The number of aryl methyl sites for hydroxylation is 1. The smallest absolute Gasteiger partial charge is 0.223 e. The zero-order valence-electron chi connectivity index (χ0n) is 15.3. The van der Waals surface area contributed by atoms with Gasteiger partial charge in [0, 0.05) is 44.6 Å². The lowest BCUT2D eigenvalue weighted by Crippen LogP contribution is -2.41. The average molecular weight is 330 g/mol. The van der Waals surface area contributed by atoms with Gasteiger partial charge in [0.2, 0.25) is 5.91 Å². The molecule has 24 heavy (non-hydrogen) atoms. The van der Waals surface area contributed by atoms with Crippen LogP contribution in [0.1, 0.15) is 31.4 Å². The van der Waals surface area contributed by atoms with Gasteiger partial charge in [0.1, 0.15) is 0 Å². The maximum Gasteiger partial charge on any atom is 0.223 e. The number of ether oxygens (including phenoxy) is 1. The Hall–Kier alpha value is -1.39. The molecule has 1 spiro atoms. The topological polar surface area (TPSA) is 32.8 Å². The summed E-state index contributed by atoms with van der Waals surface area (Å²) in [5.41, 5.74) is 2.61. The van der Waals surface area contributed by atoms with E-state index in [-0.39, 0.29) is 5.41 Å². The van der Waals surface area contributed by atoms with Crippen molar-refractivity contribution >= 4 is 5.91 Å². The van der Waals surface area contributed by atoms with E-state index < -0.39 is 0 Å². The Labute approximate surface area is 145 Å². The quantitative estimate of drug-likeness (QED) is 0.851. The molecule has 1 amide bonds. The first-order valence-electron chi connectivity index (χ1n) is 9.09. The van der Waals surface area contributed by atoms with E-state index in [1.807, 2.05) is 4.90 Å². The summed E-state index contributed by atoms with van der Waals surface area (Å²) in [5, 5.41) is 0. The van der Waals surface area contributed by atoms with Gasteiger partial charge in [0.05, 0.1) is 13.2 Å². The van der Waals surface area contributed by atoms with Gasteiger partial charge in [-0.05, 0) is 18.4 Å². The highest BCUT2D eigenvalue weighted by Gasteiger charge is 2.45. The molecular formula is C20H30N2O2. The summed E-state index contributed by atoms with van der Waals surface area (Å²) in [7, 11) is 0. The Balaban J connectivity index is 1.70. The molecule has 4 nitrogen and oxygen atoms in total. The third kappa shape index (κ3) is 4.17. The molecule has 1 aromatic rings. The molecule has 3 rings (SSSR count). The number of benzene rings is 1. The van der Waals surface area contributed by atoms with Crippen LogP contribution >= 0.6 is 0 Å². The Morgan fingerprint density at radius 2 is 2.12 bits per heavy atom. The van der Waals surface area contributed by atoms with Crippen molar-refractivity contribution < 1.29 is 9.53 Å². The Kier molecular flexibility index (Phi) is 5.26. The van der Waals surface area contributed by atoms with E-state index in [0.29, 0.717) is 24.9 Å². The van der Waals surface area contributed by atoms with Crippen molar-refractivity contribution in [3.8, 4) is 0 Å². The molecule has 0 saturated carbocycles. The molecule has 2 aliphatic heterocycles. The lowest BCUT2D eigenvalue weighted by Gasteiger charge is -2.31. The second-order valence-electron chi connectivity index (χ2n) is 8.10. The molecule has 4 heteroatoms. The molecule has 132 valence electrons. The standard InChI is InChI=1S/C20H30N2O2/c1-16(2)11-22-14-20(10-19(22)23)13-21(7-8-24-15-20)12-18-6-4-5-17(3)9-18/h4-6,9,16H,7-8,10-15H2,1-3H3/t20-/m1/s1. The highest BCUT2D eigenvalue weighted by Crippen LogP contribution is 2.35.